The van der Waals surface area contributed by atoms with Gasteiger partial charge < -0.3 is 5.11 Å². The van der Waals surface area contributed by atoms with Crippen molar-refractivity contribution < 1.29 is 9.90 Å². The van der Waals surface area contributed by atoms with Crippen LogP contribution in [0.4, 0.5) is 0 Å². The van der Waals surface area contributed by atoms with E-state index in [1.54, 1.807) is 0 Å². The van der Waals surface area contributed by atoms with Gasteiger partial charge in [0.15, 0.2) is 0 Å². The van der Waals surface area contributed by atoms with Crippen LogP contribution in [0, 0.1) is 0 Å². The fourth-order valence-electron chi connectivity index (χ4n) is 1.26. The molecular formula is C12H23NO2. The zero-order valence-corrected chi connectivity index (χ0v) is 10.3. The summed E-state index contributed by atoms with van der Waals surface area (Å²) >= 11 is 0. The van der Waals surface area contributed by atoms with Crippen molar-refractivity contribution in [3.63, 3.8) is 0 Å². The van der Waals surface area contributed by atoms with Crippen molar-refractivity contribution in [1.29, 1.82) is 0 Å². The summed E-state index contributed by atoms with van der Waals surface area (Å²) in [7, 11) is 0. The third-order valence-corrected chi connectivity index (χ3v) is 2.46. The highest BCUT2D eigenvalue weighted by molar-refractivity contribution is 5.66. The molecule has 0 saturated heterocycles. The summed E-state index contributed by atoms with van der Waals surface area (Å²) in [6.07, 6.45) is 1.13. The van der Waals surface area contributed by atoms with Crippen LogP contribution in [0.3, 0.4) is 0 Å². The molecule has 0 spiro atoms. The van der Waals surface area contributed by atoms with Crippen LogP contribution in [-0.2, 0) is 4.79 Å². The first kappa shape index (κ1) is 14.2. The van der Waals surface area contributed by atoms with Gasteiger partial charge in [0.1, 0.15) is 0 Å². The van der Waals surface area contributed by atoms with E-state index in [0.29, 0.717) is 6.54 Å². The molecule has 15 heavy (non-hydrogen) atoms. The number of carboxylic acid groups (broad SMARTS) is 1. The number of hydrogen-bond donors (Lipinski definition) is 1. The van der Waals surface area contributed by atoms with Crippen molar-refractivity contribution in [2.45, 2.75) is 46.1 Å². The quantitative estimate of drug-likeness (QED) is 0.689. The van der Waals surface area contributed by atoms with Crippen molar-refractivity contribution >= 4 is 5.97 Å². The summed E-state index contributed by atoms with van der Waals surface area (Å²) in [6, 6.07) is 0. The van der Waals surface area contributed by atoms with Gasteiger partial charge in [0, 0.05) is 18.6 Å². The summed E-state index contributed by atoms with van der Waals surface area (Å²) in [5.74, 6) is -0.744. The van der Waals surface area contributed by atoms with Gasteiger partial charge in [-0.05, 0) is 27.2 Å². The maximum atomic E-state index is 10.5. The molecule has 0 aliphatic rings. The van der Waals surface area contributed by atoms with E-state index in [0.717, 1.165) is 18.5 Å². The molecule has 0 saturated carbocycles. The van der Waals surface area contributed by atoms with Crippen molar-refractivity contribution in [2.75, 3.05) is 13.1 Å². The minimum Gasteiger partial charge on any atom is -0.481 e. The van der Waals surface area contributed by atoms with Gasteiger partial charge in [-0.2, -0.15) is 0 Å². The summed E-state index contributed by atoms with van der Waals surface area (Å²) < 4.78 is 0. The largest absolute Gasteiger partial charge is 0.481 e. The molecule has 0 bridgehead atoms. The molecule has 3 heteroatoms. The standard InChI is InChI=1S/C12H23NO2/c1-6-10(2)9-13(12(3,4)5)8-7-11(14)15/h2,6-9H2,1,3-5H3,(H,14,15). The molecule has 0 rings (SSSR count). The molecule has 0 unspecified atom stereocenters. The van der Waals surface area contributed by atoms with Gasteiger partial charge in [-0.3, -0.25) is 9.69 Å². The van der Waals surface area contributed by atoms with E-state index in [1.807, 2.05) is 0 Å². The molecule has 0 fully saturated rings. The first-order valence-corrected chi connectivity index (χ1v) is 5.41. The average molecular weight is 213 g/mol. The monoisotopic (exact) mass is 213 g/mol. The Morgan fingerprint density at radius 2 is 1.93 bits per heavy atom. The molecule has 0 aromatic rings. The van der Waals surface area contributed by atoms with Gasteiger partial charge >= 0.3 is 5.97 Å². The lowest BCUT2D eigenvalue weighted by Crippen LogP contribution is -2.43. The van der Waals surface area contributed by atoms with E-state index in [2.05, 4.69) is 39.2 Å². The summed E-state index contributed by atoms with van der Waals surface area (Å²) in [5.41, 5.74) is 1.14. The first-order chi connectivity index (χ1) is 6.77. The van der Waals surface area contributed by atoms with Crippen molar-refractivity contribution in [2.24, 2.45) is 0 Å². The molecule has 0 heterocycles. The van der Waals surface area contributed by atoms with Crippen LogP contribution in [-0.4, -0.2) is 34.6 Å². The topological polar surface area (TPSA) is 40.5 Å². The van der Waals surface area contributed by atoms with E-state index in [1.165, 1.54) is 0 Å². The number of nitrogens with zero attached hydrogens (tertiary/aromatic N) is 1. The summed E-state index contributed by atoms with van der Waals surface area (Å²) in [6.45, 7) is 13.7. The van der Waals surface area contributed by atoms with Crippen molar-refractivity contribution in [1.82, 2.24) is 4.90 Å². The lowest BCUT2D eigenvalue weighted by molar-refractivity contribution is -0.137. The molecule has 0 radical (unpaired) electrons. The fraction of sp³-hybridized carbons (Fsp3) is 0.750. The molecule has 1 N–H and O–H groups in total. The Morgan fingerprint density at radius 3 is 2.27 bits per heavy atom. The second kappa shape index (κ2) is 5.91. The van der Waals surface area contributed by atoms with Crippen LogP contribution in [0.1, 0.15) is 40.5 Å². The number of hydrogen-bond acceptors (Lipinski definition) is 2. The molecule has 0 atom stereocenters. The van der Waals surface area contributed by atoms with Crippen LogP contribution in [0.2, 0.25) is 0 Å². The SMILES string of the molecule is C=C(CC)CN(CCC(=O)O)C(C)(C)C. The van der Waals surface area contributed by atoms with E-state index in [9.17, 15) is 4.79 Å². The highest BCUT2D eigenvalue weighted by Crippen LogP contribution is 2.16. The van der Waals surface area contributed by atoms with Crippen LogP contribution in [0.5, 0.6) is 0 Å². The predicted molar refractivity (Wildman–Crippen MR) is 63.0 cm³/mol. The molecular weight excluding hydrogens is 190 g/mol. The number of carbonyl (C=O) groups is 1. The van der Waals surface area contributed by atoms with Crippen molar-refractivity contribution in [3.05, 3.63) is 12.2 Å². The maximum Gasteiger partial charge on any atom is 0.304 e. The maximum absolute atomic E-state index is 10.5. The summed E-state index contributed by atoms with van der Waals surface area (Å²) in [5, 5.41) is 8.67. The average Bonchev–Trinajstić information content (AvgIpc) is 2.09. The Balaban J connectivity index is 4.32. The Kier molecular flexibility index (Phi) is 5.58. The number of rotatable bonds is 6. The van der Waals surface area contributed by atoms with E-state index < -0.39 is 5.97 Å². The molecule has 0 amide bonds. The first-order valence-electron chi connectivity index (χ1n) is 5.41. The van der Waals surface area contributed by atoms with Crippen LogP contribution >= 0.6 is 0 Å². The van der Waals surface area contributed by atoms with Crippen molar-refractivity contribution in [3.8, 4) is 0 Å². The minimum atomic E-state index is -0.744. The predicted octanol–water partition coefficient (Wildman–Crippen LogP) is 2.53. The Morgan fingerprint density at radius 1 is 1.40 bits per heavy atom. The summed E-state index contributed by atoms with van der Waals surface area (Å²) in [4.78, 5) is 12.7. The smallest absolute Gasteiger partial charge is 0.304 e. The second-order valence-corrected chi connectivity index (χ2v) is 4.84. The molecule has 0 aromatic carbocycles. The second-order valence-electron chi connectivity index (χ2n) is 4.84. The Labute approximate surface area is 92.8 Å². The number of aliphatic carboxylic acids is 1. The van der Waals surface area contributed by atoms with Crippen LogP contribution in [0.15, 0.2) is 12.2 Å². The van der Waals surface area contributed by atoms with Gasteiger partial charge in [-0.25, -0.2) is 0 Å². The Hall–Kier alpha value is -0.830. The third kappa shape index (κ3) is 6.28. The van der Waals surface area contributed by atoms with Crippen LogP contribution < -0.4 is 0 Å². The van der Waals surface area contributed by atoms with Gasteiger partial charge in [-0.1, -0.05) is 19.1 Å². The zero-order valence-electron chi connectivity index (χ0n) is 10.3. The van der Waals surface area contributed by atoms with Crippen LogP contribution in [0.25, 0.3) is 0 Å². The van der Waals surface area contributed by atoms with E-state index >= 15 is 0 Å². The molecule has 88 valence electrons. The Bertz CT molecular complexity index is 228. The third-order valence-electron chi connectivity index (χ3n) is 2.46. The number of carboxylic acids is 1. The van der Waals surface area contributed by atoms with Gasteiger partial charge in [0.05, 0.1) is 6.42 Å². The lowest BCUT2D eigenvalue weighted by Gasteiger charge is -2.35. The fourth-order valence-corrected chi connectivity index (χ4v) is 1.26. The molecule has 0 aromatic heterocycles. The van der Waals surface area contributed by atoms with E-state index in [4.69, 9.17) is 5.11 Å². The highest BCUT2D eigenvalue weighted by Gasteiger charge is 2.21. The molecule has 0 aliphatic carbocycles. The zero-order chi connectivity index (χ0) is 12.1. The minimum absolute atomic E-state index is 0.00639. The van der Waals surface area contributed by atoms with E-state index in [-0.39, 0.29) is 12.0 Å². The highest BCUT2D eigenvalue weighted by atomic mass is 16.4. The van der Waals surface area contributed by atoms with Gasteiger partial charge in [0.2, 0.25) is 0 Å². The van der Waals surface area contributed by atoms with Gasteiger partial charge in [0.25, 0.3) is 0 Å². The molecule has 3 nitrogen and oxygen atoms in total. The molecule has 0 aliphatic heterocycles. The lowest BCUT2D eigenvalue weighted by atomic mass is 10.0. The normalized spacial score (nSPS) is 11.8. The van der Waals surface area contributed by atoms with Gasteiger partial charge in [-0.15, -0.1) is 0 Å².